The lowest BCUT2D eigenvalue weighted by Gasteiger charge is -2.43. The van der Waals surface area contributed by atoms with Crippen LogP contribution in [0, 0.1) is 0 Å². The number of carbonyl (C=O) groups excluding carboxylic acids is 5. The van der Waals surface area contributed by atoms with Crippen LogP contribution in [0.1, 0.15) is 37.7 Å². The van der Waals surface area contributed by atoms with E-state index >= 15 is 0 Å². The quantitative estimate of drug-likeness (QED) is 0.353. The van der Waals surface area contributed by atoms with Crippen molar-refractivity contribution in [2.75, 3.05) is 6.54 Å². The van der Waals surface area contributed by atoms with Crippen molar-refractivity contribution in [2.24, 2.45) is 0 Å². The summed E-state index contributed by atoms with van der Waals surface area (Å²) in [6.45, 7) is 0.231. The fourth-order valence-corrected chi connectivity index (χ4v) is 3.96. The molecule has 2 aliphatic rings. The Bertz CT molecular complexity index is 994. The summed E-state index contributed by atoms with van der Waals surface area (Å²) in [6.07, 6.45) is 3.31. The maximum Gasteiger partial charge on any atom is 0.305 e. The van der Waals surface area contributed by atoms with Gasteiger partial charge in [0.05, 0.1) is 12.5 Å². The highest BCUT2D eigenvalue weighted by molar-refractivity contribution is 5.98. The van der Waals surface area contributed by atoms with Crippen molar-refractivity contribution in [1.82, 2.24) is 20.7 Å². The van der Waals surface area contributed by atoms with Crippen LogP contribution in [0.4, 0.5) is 0 Å². The van der Waals surface area contributed by atoms with E-state index in [1.165, 1.54) is 11.1 Å². The maximum absolute atomic E-state index is 13.3. The zero-order valence-electron chi connectivity index (χ0n) is 18.4. The van der Waals surface area contributed by atoms with Crippen molar-refractivity contribution < 1.29 is 33.9 Å². The van der Waals surface area contributed by atoms with Gasteiger partial charge in [-0.25, -0.2) is 5.01 Å². The van der Waals surface area contributed by atoms with Crippen LogP contribution in [-0.2, 0) is 28.8 Å². The molecule has 2 aliphatic heterocycles. The van der Waals surface area contributed by atoms with E-state index in [0.717, 1.165) is 10.6 Å². The van der Waals surface area contributed by atoms with E-state index in [4.69, 9.17) is 5.11 Å². The topological polar surface area (TPSA) is 153 Å². The van der Waals surface area contributed by atoms with Crippen LogP contribution in [0.25, 0.3) is 6.08 Å². The molecule has 11 nitrogen and oxygen atoms in total. The summed E-state index contributed by atoms with van der Waals surface area (Å²) in [5.74, 6) is -3.51. The second kappa shape index (κ2) is 11.2. The first-order valence-electron chi connectivity index (χ1n) is 10.9. The molecule has 3 rings (SSSR count). The number of carboxylic acid groups (broad SMARTS) is 1. The lowest BCUT2D eigenvalue weighted by Crippen LogP contribution is -2.64. The Labute approximate surface area is 195 Å². The minimum Gasteiger partial charge on any atom is -0.481 e. The van der Waals surface area contributed by atoms with E-state index in [1.54, 1.807) is 6.08 Å². The number of hydrogen-bond donors (Lipinski definition) is 3. The van der Waals surface area contributed by atoms with Crippen molar-refractivity contribution in [3.63, 3.8) is 0 Å². The number of carboxylic acids is 1. The predicted octanol–water partition coefficient (Wildman–Crippen LogP) is -0.129. The number of hydrazine groups is 1. The Kier molecular flexibility index (Phi) is 8.12. The molecule has 2 fully saturated rings. The average molecular weight is 470 g/mol. The molecule has 3 atom stereocenters. The smallest absolute Gasteiger partial charge is 0.305 e. The zero-order chi connectivity index (χ0) is 24.7. The summed E-state index contributed by atoms with van der Waals surface area (Å²) in [6, 6.07) is 5.69. The van der Waals surface area contributed by atoms with Crippen LogP contribution < -0.4 is 10.6 Å². The summed E-state index contributed by atoms with van der Waals surface area (Å²) in [5, 5.41) is 16.1. The van der Waals surface area contributed by atoms with Gasteiger partial charge in [-0.05, 0) is 30.9 Å². The van der Waals surface area contributed by atoms with E-state index in [9.17, 15) is 28.8 Å². The molecule has 1 aromatic carbocycles. The second-order valence-corrected chi connectivity index (χ2v) is 8.05. The minimum atomic E-state index is -1.27. The first kappa shape index (κ1) is 24.6. The molecular weight excluding hydrogens is 444 g/mol. The van der Waals surface area contributed by atoms with Gasteiger partial charge in [-0.3, -0.25) is 29.0 Å². The highest BCUT2D eigenvalue weighted by atomic mass is 16.4. The van der Waals surface area contributed by atoms with Crippen LogP contribution >= 0.6 is 0 Å². The Balaban J connectivity index is 1.75. The number of amides is 4. The molecule has 0 spiro atoms. The molecule has 0 unspecified atom stereocenters. The normalized spacial score (nSPS) is 21.4. The van der Waals surface area contributed by atoms with Crippen LogP contribution in [-0.4, -0.2) is 75.7 Å². The fourth-order valence-electron chi connectivity index (χ4n) is 3.96. The summed E-state index contributed by atoms with van der Waals surface area (Å²) >= 11 is 0. The zero-order valence-corrected chi connectivity index (χ0v) is 18.4. The molecule has 0 aromatic heterocycles. The molecule has 0 bridgehead atoms. The van der Waals surface area contributed by atoms with E-state index in [2.05, 4.69) is 10.6 Å². The van der Waals surface area contributed by atoms with Gasteiger partial charge < -0.3 is 20.5 Å². The monoisotopic (exact) mass is 470 g/mol. The molecule has 180 valence electrons. The van der Waals surface area contributed by atoms with Crippen molar-refractivity contribution in [1.29, 1.82) is 0 Å². The SMILES string of the molecule is O=C[C@H](CC(=O)O)NC(=O)[C@@H]1CCCN2C(=O)CC[C@H](NC(=O)C=Cc3ccccc3)C(=O)N12. The molecule has 0 aliphatic carbocycles. The van der Waals surface area contributed by atoms with Crippen molar-refractivity contribution in [3.05, 3.63) is 42.0 Å². The standard InChI is InChI=1S/C23H26N4O7/c28-14-16(13-21(31)32)24-22(33)18-7-4-12-26-20(30)11-9-17(23(34)27(18)26)25-19(29)10-8-15-5-2-1-3-6-15/h1-3,5-6,8,10,14,16-18H,4,7,9,11-13H2,(H,24,33)(H,25,29)(H,31,32)/t16-,17-,18-/m0/s1. The number of aldehydes is 1. The first-order valence-corrected chi connectivity index (χ1v) is 10.9. The number of carbonyl (C=O) groups is 6. The van der Waals surface area contributed by atoms with E-state index in [-0.39, 0.29) is 31.7 Å². The van der Waals surface area contributed by atoms with E-state index in [1.807, 2.05) is 30.3 Å². The largest absolute Gasteiger partial charge is 0.481 e. The number of rotatable bonds is 8. The van der Waals surface area contributed by atoms with Crippen molar-refractivity contribution >= 4 is 42.0 Å². The number of nitrogens with zero attached hydrogens (tertiary/aromatic N) is 2. The predicted molar refractivity (Wildman–Crippen MR) is 118 cm³/mol. The maximum atomic E-state index is 13.3. The van der Waals surface area contributed by atoms with Gasteiger partial charge in [0.1, 0.15) is 18.4 Å². The summed E-state index contributed by atoms with van der Waals surface area (Å²) in [4.78, 5) is 73.4. The highest BCUT2D eigenvalue weighted by Crippen LogP contribution is 2.25. The third-order valence-electron chi connectivity index (χ3n) is 5.59. The Hall–Kier alpha value is -4.02. The van der Waals surface area contributed by atoms with Crippen LogP contribution in [0.5, 0.6) is 0 Å². The van der Waals surface area contributed by atoms with Crippen LogP contribution in [0.3, 0.4) is 0 Å². The minimum absolute atomic E-state index is 0.0000970. The molecule has 11 heteroatoms. The van der Waals surface area contributed by atoms with Gasteiger partial charge in [0, 0.05) is 19.0 Å². The van der Waals surface area contributed by atoms with Crippen LogP contribution in [0.2, 0.25) is 0 Å². The van der Waals surface area contributed by atoms with Crippen molar-refractivity contribution in [3.8, 4) is 0 Å². The van der Waals surface area contributed by atoms with Gasteiger partial charge in [0.2, 0.25) is 17.7 Å². The van der Waals surface area contributed by atoms with Gasteiger partial charge in [-0.15, -0.1) is 0 Å². The fraction of sp³-hybridized carbons (Fsp3) is 0.391. The number of hydrogen-bond acceptors (Lipinski definition) is 6. The van der Waals surface area contributed by atoms with Gasteiger partial charge in [-0.2, -0.15) is 0 Å². The molecule has 2 heterocycles. The van der Waals surface area contributed by atoms with Crippen molar-refractivity contribution in [2.45, 2.75) is 50.2 Å². The molecule has 3 N–H and O–H groups in total. The molecule has 2 saturated heterocycles. The first-order chi connectivity index (χ1) is 16.3. The van der Waals surface area contributed by atoms with Gasteiger partial charge in [-0.1, -0.05) is 30.3 Å². The second-order valence-electron chi connectivity index (χ2n) is 8.05. The third-order valence-corrected chi connectivity index (χ3v) is 5.59. The molecule has 4 amide bonds. The number of nitrogens with one attached hydrogen (secondary N) is 2. The lowest BCUT2D eigenvalue weighted by atomic mass is 10.0. The van der Waals surface area contributed by atoms with Gasteiger partial charge in [0.25, 0.3) is 5.91 Å². The molecule has 1 aromatic rings. The average Bonchev–Trinajstić information content (AvgIpc) is 2.94. The van der Waals surface area contributed by atoms with E-state index < -0.39 is 48.2 Å². The van der Waals surface area contributed by atoms with Gasteiger partial charge >= 0.3 is 5.97 Å². The number of fused-ring (bicyclic) bond motifs is 1. The molecule has 0 radical (unpaired) electrons. The lowest BCUT2D eigenvalue weighted by molar-refractivity contribution is -0.176. The third kappa shape index (κ3) is 6.06. The van der Waals surface area contributed by atoms with Gasteiger partial charge in [0.15, 0.2) is 0 Å². The molecule has 34 heavy (non-hydrogen) atoms. The summed E-state index contributed by atoms with van der Waals surface area (Å²) in [7, 11) is 0. The Morgan fingerprint density at radius 3 is 2.56 bits per heavy atom. The number of aliphatic carboxylic acids is 1. The number of benzene rings is 1. The Morgan fingerprint density at radius 1 is 1.15 bits per heavy atom. The Morgan fingerprint density at radius 2 is 1.88 bits per heavy atom. The van der Waals surface area contributed by atoms with E-state index in [0.29, 0.717) is 12.7 Å². The molecule has 0 saturated carbocycles. The molecular formula is C23H26N4O7. The highest BCUT2D eigenvalue weighted by Gasteiger charge is 2.44. The van der Waals surface area contributed by atoms with Crippen LogP contribution in [0.15, 0.2) is 36.4 Å². The summed E-state index contributed by atoms with van der Waals surface area (Å²) < 4.78 is 0. The summed E-state index contributed by atoms with van der Waals surface area (Å²) in [5.41, 5.74) is 0.796.